The van der Waals surface area contributed by atoms with Gasteiger partial charge in [-0.1, -0.05) is 17.7 Å². The van der Waals surface area contributed by atoms with Gasteiger partial charge in [-0.25, -0.2) is 8.42 Å². The highest BCUT2D eigenvalue weighted by molar-refractivity contribution is 7.92. The Bertz CT molecular complexity index is 792. The van der Waals surface area contributed by atoms with Gasteiger partial charge >= 0.3 is 0 Å². The molecule has 3 rings (SSSR count). The number of ether oxygens (including phenoxy) is 2. The highest BCUT2D eigenvalue weighted by Crippen LogP contribution is 2.33. The van der Waals surface area contributed by atoms with Gasteiger partial charge in [0.2, 0.25) is 0 Å². The van der Waals surface area contributed by atoms with Crippen LogP contribution in [0.15, 0.2) is 47.4 Å². The van der Waals surface area contributed by atoms with Gasteiger partial charge in [-0.3, -0.25) is 4.72 Å². The Balaban J connectivity index is 1.88. The third-order valence-electron chi connectivity index (χ3n) is 3.11. The molecular formula is C15H14ClNO4S. The van der Waals surface area contributed by atoms with Crippen molar-refractivity contribution in [3.8, 4) is 11.5 Å². The molecule has 0 saturated heterocycles. The quantitative estimate of drug-likeness (QED) is 0.931. The van der Waals surface area contributed by atoms with Crippen LogP contribution in [0.1, 0.15) is 6.42 Å². The molecule has 0 unspecified atom stereocenters. The van der Waals surface area contributed by atoms with Crippen LogP contribution in [-0.4, -0.2) is 21.6 Å². The second kappa shape index (κ2) is 6.06. The summed E-state index contributed by atoms with van der Waals surface area (Å²) < 4.78 is 38.3. The Hall–Kier alpha value is -1.92. The lowest BCUT2D eigenvalue weighted by Crippen LogP contribution is -2.13. The fourth-order valence-corrected chi connectivity index (χ4v) is 3.42. The van der Waals surface area contributed by atoms with Crippen molar-refractivity contribution in [1.82, 2.24) is 0 Å². The molecule has 0 fully saturated rings. The summed E-state index contributed by atoms with van der Waals surface area (Å²) in [6.45, 7) is 1.12. The van der Waals surface area contributed by atoms with E-state index in [1.54, 1.807) is 30.3 Å². The second-order valence-electron chi connectivity index (χ2n) is 4.77. The number of benzene rings is 2. The van der Waals surface area contributed by atoms with E-state index in [2.05, 4.69) is 4.72 Å². The molecule has 2 aromatic carbocycles. The molecule has 7 heteroatoms. The van der Waals surface area contributed by atoms with Gasteiger partial charge in [0.15, 0.2) is 11.5 Å². The second-order valence-corrected chi connectivity index (χ2v) is 6.89. The molecule has 116 valence electrons. The summed E-state index contributed by atoms with van der Waals surface area (Å²) in [6, 6.07) is 11.0. The minimum atomic E-state index is -3.70. The van der Waals surface area contributed by atoms with Crippen LogP contribution in [-0.2, 0) is 10.0 Å². The predicted octanol–water partition coefficient (Wildman–Crippen LogP) is 3.30. The predicted molar refractivity (Wildman–Crippen MR) is 84.3 cm³/mol. The minimum Gasteiger partial charge on any atom is -0.490 e. The Kier molecular flexibility index (Phi) is 4.13. The summed E-state index contributed by atoms with van der Waals surface area (Å²) in [6.07, 6.45) is 0.790. The minimum absolute atomic E-state index is 0.104. The molecule has 22 heavy (non-hydrogen) atoms. The van der Waals surface area contributed by atoms with Crippen LogP contribution >= 0.6 is 11.6 Å². The first kappa shape index (κ1) is 15.0. The Morgan fingerprint density at radius 2 is 1.77 bits per heavy atom. The van der Waals surface area contributed by atoms with E-state index in [4.69, 9.17) is 21.1 Å². The van der Waals surface area contributed by atoms with Crippen LogP contribution in [0, 0.1) is 0 Å². The number of halogens is 1. The molecule has 1 aliphatic rings. The highest BCUT2D eigenvalue weighted by atomic mass is 35.5. The number of hydrogen-bond acceptors (Lipinski definition) is 4. The summed E-state index contributed by atoms with van der Waals surface area (Å²) in [5.74, 6) is 1.15. The standard InChI is InChI=1S/C15H14ClNO4S/c16-11-3-1-4-13(9-11)22(18,19)17-12-5-6-14-15(10-12)21-8-2-7-20-14/h1,3-6,9-10,17H,2,7-8H2. The molecule has 0 amide bonds. The summed E-state index contributed by atoms with van der Waals surface area (Å²) in [7, 11) is -3.70. The molecule has 0 bridgehead atoms. The molecule has 1 aliphatic heterocycles. The molecular weight excluding hydrogens is 326 g/mol. The van der Waals surface area contributed by atoms with Crippen molar-refractivity contribution >= 4 is 27.3 Å². The maximum Gasteiger partial charge on any atom is 0.261 e. The Morgan fingerprint density at radius 3 is 2.55 bits per heavy atom. The van der Waals surface area contributed by atoms with Crippen molar-refractivity contribution in [2.75, 3.05) is 17.9 Å². The lowest BCUT2D eigenvalue weighted by Gasteiger charge is -2.11. The summed E-state index contributed by atoms with van der Waals surface area (Å²) in [5, 5.41) is 0.363. The van der Waals surface area contributed by atoms with Gasteiger partial charge < -0.3 is 9.47 Å². The van der Waals surface area contributed by atoms with Gasteiger partial charge in [0, 0.05) is 17.5 Å². The van der Waals surface area contributed by atoms with Gasteiger partial charge in [-0.15, -0.1) is 0 Å². The number of nitrogens with one attached hydrogen (secondary N) is 1. The summed E-state index contributed by atoms with van der Waals surface area (Å²) in [4.78, 5) is 0.104. The number of sulfonamides is 1. The molecule has 0 spiro atoms. The third-order valence-corrected chi connectivity index (χ3v) is 4.72. The van der Waals surface area contributed by atoms with E-state index < -0.39 is 10.0 Å². The number of fused-ring (bicyclic) bond motifs is 1. The van der Waals surface area contributed by atoms with Gasteiger partial charge in [0.05, 0.1) is 23.8 Å². The molecule has 1 N–H and O–H groups in total. The van der Waals surface area contributed by atoms with Crippen molar-refractivity contribution in [2.45, 2.75) is 11.3 Å². The van der Waals surface area contributed by atoms with Crippen LogP contribution in [0.2, 0.25) is 5.02 Å². The molecule has 0 aliphatic carbocycles. The van der Waals surface area contributed by atoms with Gasteiger partial charge in [-0.2, -0.15) is 0 Å². The molecule has 0 atom stereocenters. The summed E-state index contributed by atoms with van der Waals surface area (Å²) in [5.41, 5.74) is 0.407. The average Bonchev–Trinajstić information content (AvgIpc) is 2.71. The largest absolute Gasteiger partial charge is 0.490 e. The number of hydrogen-bond donors (Lipinski definition) is 1. The van der Waals surface area contributed by atoms with Crippen molar-refractivity contribution in [3.63, 3.8) is 0 Å². The first-order valence-corrected chi connectivity index (χ1v) is 8.59. The zero-order valence-corrected chi connectivity index (χ0v) is 13.2. The van der Waals surface area contributed by atoms with E-state index in [0.29, 0.717) is 35.4 Å². The maximum atomic E-state index is 12.3. The first-order chi connectivity index (χ1) is 10.5. The topological polar surface area (TPSA) is 64.6 Å². The zero-order chi connectivity index (χ0) is 15.6. The van der Waals surface area contributed by atoms with E-state index in [1.165, 1.54) is 12.1 Å². The molecule has 1 heterocycles. The van der Waals surface area contributed by atoms with Crippen LogP contribution in [0.5, 0.6) is 11.5 Å². The lowest BCUT2D eigenvalue weighted by molar-refractivity contribution is 0.297. The Morgan fingerprint density at radius 1 is 1.00 bits per heavy atom. The van der Waals surface area contributed by atoms with Crippen molar-refractivity contribution < 1.29 is 17.9 Å². The van der Waals surface area contributed by atoms with E-state index in [-0.39, 0.29) is 4.90 Å². The number of rotatable bonds is 3. The maximum absolute atomic E-state index is 12.3. The fraction of sp³-hybridized carbons (Fsp3) is 0.200. The highest BCUT2D eigenvalue weighted by Gasteiger charge is 2.17. The number of anilines is 1. The molecule has 0 aromatic heterocycles. The van der Waals surface area contributed by atoms with Crippen molar-refractivity contribution in [3.05, 3.63) is 47.5 Å². The van der Waals surface area contributed by atoms with E-state index >= 15 is 0 Å². The van der Waals surface area contributed by atoms with Crippen LogP contribution in [0.25, 0.3) is 0 Å². The van der Waals surface area contributed by atoms with Crippen molar-refractivity contribution in [2.24, 2.45) is 0 Å². The first-order valence-electron chi connectivity index (χ1n) is 6.73. The lowest BCUT2D eigenvalue weighted by atomic mass is 10.3. The van der Waals surface area contributed by atoms with Gasteiger partial charge in [-0.05, 0) is 30.3 Å². The van der Waals surface area contributed by atoms with Gasteiger partial charge in [0.25, 0.3) is 10.0 Å². The fourth-order valence-electron chi connectivity index (χ4n) is 2.08. The molecule has 2 aromatic rings. The van der Waals surface area contributed by atoms with E-state index in [0.717, 1.165) is 6.42 Å². The normalized spacial score (nSPS) is 14.2. The SMILES string of the molecule is O=S(=O)(Nc1ccc2c(c1)OCCCO2)c1cccc(Cl)c1. The molecule has 5 nitrogen and oxygen atoms in total. The van der Waals surface area contributed by atoms with E-state index in [1.807, 2.05) is 0 Å². The van der Waals surface area contributed by atoms with Crippen molar-refractivity contribution in [1.29, 1.82) is 0 Å². The Labute approximate surface area is 133 Å². The van der Waals surface area contributed by atoms with Crippen LogP contribution in [0.4, 0.5) is 5.69 Å². The average molecular weight is 340 g/mol. The van der Waals surface area contributed by atoms with Crippen LogP contribution in [0.3, 0.4) is 0 Å². The molecule has 0 saturated carbocycles. The van der Waals surface area contributed by atoms with E-state index in [9.17, 15) is 8.42 Å². The van der Waals surface area contributed by atoms with Crippen LogP contribution < -0.4 is 14.2 Å². The summed E-state index contributed by atoms with van der Waals surface area (Å²) >= 11 is 5.84. The third kappa shape index (κ3) is 3.28. The molecule has 0 radical (unpaired) electrons. The zero-order valence-electron chi connectivity index (χ0n) is 11.6. The smallest absolute Gasteiger partial charge is 0.261 e. The monoisotopic (exact) mass is 339 g/mol. The van der Waals surface area contributed by atoms with Gasteiger partial charge in [0.1, 0.15) is 0 Å².